The number of nitrogens with one attached hydrogen (secondary N) is 1. The standard InChI is InChI=1S/C13H26N2O2/c1-5-10(2)15-8-11(7-13(16)17-4)6-12(9-15)14-3/h10-12,14H,5-9H2,1-4H3. The van der Waals surface area contributed by atoms with E-state index in [1.54, 1.807) is 0 Å². The molecule has 4 nitrogen and oxygen atoms in total. The van der Waals surface area contributed by atoms with Crippen LogP contribution in [0.15, 0.2) is 0 Å². The van der Waals surface area contributed by atoms with Gasteiger partial charge in [0.05, 0.1) is 7.11 Å². The second kappa shape index (κ2) is 6.97. The van der Waals surface area contributed by atoms with Crippen molar-refractivity contribution in [3.8, 4) is 0 Å². The predicted molar refractivity (Wildman–Crippen MR) is 68.9 cm³/mol. The van der Waals surface area contributed by atoms with Crippen molar-refractivity contribution in [1.82, 2.24) is 10.2 Å². The Morgan fingerprint density at radius 2 is 2.24 bits per heavy atom. The molecule has 17 heavy (non-hydrogen) atoms. The van der Waals surface area contributed by atoms with Gasteiger partial charge in [0.1, 0.15) is 0 Å². The fourth-order valence-corrected chi connectivity index (χ4v) is 2.53. The molecule has 4 heteroatoms. The molecule has 100 valence electrons. The molecule has 0 bridgehead atoms. The van der Waals surface area contributed by atoms with Crippen LogP contribution in [0.4, 0.5) is 0 Å². The SMILES string of the molecule is CCC(C)N1CC(CC(=O)OC)CC(NC)C1. The van der Waals surface area contributed by atoms with Crippen LogP contribution in [0.2, 0.25) is 0 Å². The van der Waals surface area contributed by atoms with Crippen molar-refractivity contribution in [2.75, 3.05) is 27.2 Å². The van der Waals surface area contributed by atoms with Gasteiger partial charge in [0.2, 0.25) is 0 Å². The van der Waals surface area contributed by atoms with Crippen LogP contribution in [-0.2, 0) is 9.53 Å². The maximum Gasteiger partial charge on any atom is 0.305 e. The molecule has 1 aliphatic heterocycles. The first-order valence-electron chi connectivity index (χ1n) is 6.58. The van der Waals surface area contributed by atoms with E-state index in [-0.39, 0.29) is 5.97 Å². The largest absolute Gasteiger partial charge is 0.469 e. The van der Waals surface area contributed by atoms with E-state index in [1.165, 1.54) is 7.11 Å². The van der Waals surface area contributed by atoms with E-state index in [9.17, 15) is 4.79 Å². The van der Waals surface area contributed by atoms with Gasteiger partial charge >= 0.3 is 5.97 Å². The van der Waals surface area contributed by atoms with Crippen molar-refractivity contribution in [1.29, 1.82) is 0 Å². The minimum atomic E-state index is -0.0872. The Labute approximate surface area is 105 Å². The molecular formula is C13H26N2O2. The number of likely N-dealkylation sites (N-methyl/N-ethyl adjacent to an activating group) is 1. The predicted octanol–water partition coefficient (Wildman–Crippen LogP) is 1.26. The average Bonchev–Trinajstić information content (AvgIpc) is 2.36. The first-order valence-corrected chi connectivity index (χ1v) is 6.58. The van der Waals surface area contributed by atoms with Crippen LogP contribution in [0.3, 0.4) is 0 Å². The lowest BCUT2D eigenvalue weighted by Crippen LogP contribution is -2.51. The van der Waals surface area contributed by atoms with Gasteiger partial charge < -0.3 is 10.1 Å². The maximum absolute atomic E-state index is 11.4. The second-order valence-corrected chi connectivity index (χ2v) is 5.08. The number of hydrogen-bond acceptors (Lipinski definition) is 4. The van der Waals surface area contributed by atoms with Gasteiger partial charge in [-0.05, 0) is 32.7 Å². The summed E-state index contributed by atoms with van der Waals surface area (Å²) in [7, 11) is 3.47. The topological polar surface area (TPSA) is 41.6 Å². The van der Waals surface area contributed by atoms with E-state index < -0.39 is 0 Å². The maximum atomic E-state index is 11.4. The number of rotatable bonds is 5. The molecule has 0 spiro atoms. The van der Waals surface area contributed by atoms with Gasteiger partial charge in [0, 0.05) is 31.6 Å². The van der Waals surface area contributed by atoms with Crippen LogP contribution in [0.5, 0.6) is 0 Å². The van der Waals surface area contributed by atoms with Crippen molar-refractivity contribution in [2.24, 2.45) is 5.92 Å². The van der Waals surface area contributed by atoms with Gasteiger partial charge in [-0.1, -0.05) is 6.92 Å². The molecule has 0 aromatic rings. The van der Waals surface area contributed by atoms with Crippen LogP contribution in [-0.4, -0.2) is 50.2 Å². The first kappa shape index (κ1) is 14.5. The quantitative estimate of drug-likeness (QED) is 0.737. The van der Waals surface area contributed by atoms with Gasteiger partial charge in [-0.2, -0.15) is 0 Å². The molecule has 0 amide bonds. The third-order valence-electron chi connectivity index (χ3n) is 3.87. The van der Waals surface area contributed by atoms with E-state index in [0.717, 1.165) is 25.9 Å². The van der Waals surface area contributed by atoms with E-state index in [2.05, 4.69) is 24.1 Å². The number of piperidine rings is 1. The first-order chi connectivity index (χ1) is 8.10. The Morgan fingerprint density at radius 1 is 1.53 bits per heavy atom. The zero-order valence-corrected chi connectivity index (χ0v) is 11.5. The highest BCUT2D eigenvalue weighted by molar-refractivity contribution is 5.69. The molecule has 0 saturated carbocycles. The fourth-order valence-electron chi connectivity index (χ4n) is 2.53. The summed E-state index contributed by atoms with van der Waals surface area (Å²) in [5.74, 6) is 0.332. The minimum absolute atomic E-state index is 0.0872. The van der Waals surface area contributed by atoms with Gasteiger partial charge in [0.25, 0.3) is 0 Å². The van der Waals surface area contributed by atoms with E-state index in [0.29, 0.717) is 24.4 Å². The van der Waals surface area contributed by atoms with Crippen molar-refractivity contribution in [3.05, 3.63) is 0 Å². The molecule has 3 unspecified atom stereocenters. The Kier molecular flexibility index (Phi) is 5.92. The Morgan fingerprint density at radius 3 is 2.76 bits per heavy atom. The Hall–Kier alpha value is -0.610. The zero-order chi connectivity index (χ0) is 12.8. The van der Waals surface area contributed by atoms with Crippen molar-refractivity contribution < 1.29 is 9.53 Å². The Bertz CT molecular complexity index is 246. The second-order valence-electron chi connectivity index (χ2n) is 5.08. The minimum Gasteiger partial charge on any atom is -0.469 e. The van der Waals surface area contributed by atoms with Crippen molar-refractivity contribution in [3.63, 3.8) is 0 Å². The molecule has 1 fully saturated rings. The highest BCUT2D eigenvalue weighted by Crippen LogP contribution is 2.22. The van der Waals surface area contributed by atoms with E-state index in [1.807, 2.05) is 7.05 Å². The lowest BCUT2D eigenvalue weighted by Gasteiger charge is -2.40. The molecule has 3 atom stereocenters. The monoisotopic (exact) mass is 242 g/mol. The lowest BCUT2D eigenvalue weighted by molar-refractivity contribution is -0.142. The number of carbonyl (C=O) groups excluding carboxylic acids is 1. The molecule has 0 aromatic heterocycles. The molecule has 1 rings (SSSR count). The van der Waals surface area contributed by atoms with Gasteiger partial charge in [-0.25, -0.2) is 0 Å². The van der Waals surface area contributed by atoms with Crippen molar-refractivity contribution >= 4 is 5.97 Å². The van der Waals surface area contributed by atoms with Crippen LogP contribution in [0, 0.1) is 5.92 Å². The summed E-state index contributed by atoms with van der Waals surface area (Å²) in [6.07, 6.45) is 2.77. The number of esters is 1. The third kappa shape index (κ3) is 4.28. The van der Waals surface area contributed by atoms with Gasteiger partial charge in [-0.3, -0.25) is 9.69 Å². The Balaban J connectivity index is 2.56. The summed E-state index contributed by atoms with van der Waals surface area (Å²) in [4.78, 5) is 13.8. The lowest BCUT2D eigenvalue weighted by atomic mass is 9.90. The zero-order valence-electron chi connectivity index (χ0n) is 11.5. The number of methoxy groups -OCH3 is 1. The highest BCUT2D eigenvalue weighted by atomic mass is 16.5. The highest BCUT2D eigenvalue weighted by Gasteiger charge is 2.29. The summed E-state index contributed by atoms with van der Waals surface area (Å²) >= 11 is 0. The summed E-state index contributed by atoms with van der Waals surface area (Å²) in [6, 6.07) is 1.08. The summed E-state index contributed by atoms with van der Waals surface area (Å²) in [5.41, 5.74) is 0. The van der Waals surface area contributed by atoms with Crippen LogP contribution in [0.25, 0.3) is 0 Å². The van der Waals surface area contributed by atoms with E-state index in [4.69, 9.17) is 4.74 Å². The normalized spacial score (nSPS) is 27.8. The number of likely N-dealkylation sites (tertiary alicyclic amines) is 1. The molecule has 0 aromatic carbocycles. The summed E-state index contributed by atoms with van der Waals surface area (Å²) in [5, 5.41) is 3.34. The fraction of sp³-hybridized carbons (Fsp3) is 0.923. The third-order valence-corrected chi connectivity index (χ3v) is 3.87. The van der Waals surface area contributed by atoms with Crippen molar-refractivity contribution in [2.45, 2.75) is 45.2 Å². The number of nitrogens with zero attached hydrogens (tertiary/aromatic N) is 1. The van der Waals surface area contributed by atoms with E-state index >= 15 is 0 Å². The van der Waals surface area contributed by atoms with Gasteiger partial charge in [-0.15, -0.1) is 0 Å². The molecule has 1 heterocycles. The number of hydrogen-bond donors (Lipinski definition) is 1. The number of carbonyl (C=O) groups is 1. The summed E-state index contributed by atoms with van der Waals surface area (Å²) < 4.78 is 4.77. The molecule has 1 saturated heterocycles. The van der Waals surface area contributed by atoms with Crippen LogP contribution >= 0.6 is 0 Å². The molecule has 1 aliphatic rings. The molecule has 0 aliphatic carbocycles. The number of ether oxygens (including phenoxy) is 1. The van der Waals surface area contributed by atoms with Gasteiger partial charge in [0.15, 0.2) is 0 Å². The molecular weight excluding hydrogens is 216 g/mol. The summed E-state index contributed by atoms with van der Waals surface area (Å²) in [6.45, 7) is 6.57. The average molecular weight is 242 g/mol. The molecule has 1 N–H and O–H groups in total. The molecule has 0 radical (unpaired) electrons. The van der Waals surface area contributed by atoms with Crippen LogP contribution in [0.1, 0.15) is 33.1 Å². The smallest absolute Gasteiger partial charge is 0.305 e. The van der Waals surface area contributed by atoms with Crippen LogP contribution < -0.4 is 5.32 Å².